The van der Waals surface area contributed by atoms with Crippen LogP contribution >= 0.6 is 11.6 Å². The van der Waals surface area contributed by atoms with E-state index in [0.717, 1.165) is 11.1 Å². The van der Waals surface area contributed by atoms with E-state index in [1.165, 1.54) is 0 Å². The number of halogens is 1. The first-order chi connectivity index (χ1) is 10.1. The third kappa shape index (κ3) is 3.64. The maximum atomic E-state index is 12.5. The molecule has 1 N–H and O–H groups in total. The molecule has 0 aliphatic carbocycles. The van der Waals surface area contributed by atoms with Crippen LogP contribution in [0.25, 0.3) is 0 Å². The van der Waals surface area contributed by atoms with E-state index in [0.29, 0.717) is 5.88 Å². The van der Waals surface area contributed by atoms with Gasteiger partial charge in [-0.05, 0) is 25.0 Å². The second-order valence-corrected chi connectivity index (χ2v) is 5.72. The molecule has 2 aromatic carbocycles. The number of rotatable bonds is 5. The first-order valence-corrected chi connectivity index (χ1v) is 7.59. The molecule has 0 heterocycles. The predicted octanol–water partition coefficient (Wildman–Crippen LogP) is 4.06. The summed E-state index contributed by atoms with van der Waals surface area (Å²) >= 11 is 6.12. The minimum atomic E-state index is -0.567. The largest absolute Gasteiger partial charge is 0.345 e. The molecule has 0 aromatic heterocycles. The molecule has 2 aromatic rings. The number of alkyl halides is 1. The third-order valence-corrected chi connectivity index (χ3v) is 4.30. The molecule has 0 aliphatic heterocycles. The van der Waals surface area contributed by atoms with Gasteiger partial charge in [-0.25, -0.2) is 0 Å². The van der Waals surface area contributed by atoms with E-state index in [4.69, 9.17) is 11.6 Å². The van der Waals surface area contributed by atoms with E-state index in [1.54, 1.807) is 0 Å². The first-order valence-electron chi connectivity index (χ1n) is 7.05. The fraction of sp³-hybridized carbons (Fsp3) is 0.278. The summed E-state index contributed by atoms with van der Waals surface area (Å²) in [5, 5.41) is 3.09. The molecule has 0 saturated heterocycles. The summed E-state index contributed by atoms with van der Waals surface area (Å²) in [4.78, 5) is 12.5. The van der Waals surface area contributed by atoms with E-state index >= 15 is 0 Å². The van der Waals surface area contributed by atoms with Crippen LogP contribution in [-0.4, -0.2) is 11.8 Å². The summed E-state index contributed by atoms with van der Waals surface area (Å²) in [6.45, 7) is 3.86. The van der Waals surface area contributed by atoms with Gasteiger partial charge in [-0.15, -0.1) is 11.6 Å². The van der Waals surface area contributed by atoms with Crippen LogP contribution in [0.4, 0.5) is 0 Å². The van der Waals surface area contributed by atoms with Crippen LogP contribution in [-0.2, 0) is 10.3 Å². The van der Waals surface area contributed by atoms with Gasteiger partial charge in [-0.3, -0.25) is 4.79 Å². The Morgan fingerprint density at radius 2 is 1.62 bits per heavy atom. The molecule has 0 radical (unpaired) electrons. The van der Waals surface area contributed by atoms with E-state index in [1.807, 2.05) is 74.5 Å². The number of hydrogen-bond donors (Lipinski definition) is 1. The summed E-state index contributed by atoms with van der Waals surface area (Å²) in [7, 11) is 0. The number of nitrogens with one attached hydrogen (secondary N) is 1. The Morgan fingerprint density at radius 3 is 2.14 bits per heavy atom. The van der Waals surface area contributed by atoms with Gasteiger partial charge >= 0.3 is 0 Å². The molecular weight excluding hydrogens is 282 g/mol. The quantitative estimate of drug-likeness (QED) is 0.829. The molecule has 2 rings (SSSR count). The average Bonchev–Trinajstić information content (AvgIpc) is 2.55. The molecule has 2 nitrogen and oxygen atoms in total. The highest BCUT2D eigenvalue weighted by Crippen LogP contribution is 2.24. The van der Waals surface area contributed by atoms with E-state index in [2.05, 4.69) is 5.32 Å². The summed E-state index contributed by atoms with van der Waals surface area (Å²) in [5.74, 6) is 0.0928. The molecular formula is C18H20ClNO. The number of amides is 1. The van der Waals surface area contributed by atoms with Crippen LogP contribution in [0.1, 0.15) is 30.9 Å². The second kappa shape index (κ2) is 6.77. The normalized spacial score (nSPS) is 15.0. The smallest absolute Gasteiger partial charge is 0.227 e. The molecule has 2 unspecified atom stereocenters. The van der Waals surface area contributed by atoms with Gasteiger partial charge in [0.25, 0.3) is 0 Å². The minimum absolute atomic E-state index is 0.0202. The maximum absolute atomic E-state index is 12.5. The fourth-order valence-electron chi connectivity index (χ4n) is 2.26. The Labute approximate surface area is 131 Å². The zero-order valence-corrected chi connectivity index (χ0v) is 13.1. The van der Waals surface area contributed by atoms with Crippen molar-refractivity contribution in [1.82, 2.24) is 5.32 Å². The Hall–Kier alpha value is -1.80. The van der Waals surface area contributed by atoms with Crippen molar-refractivity contribution in [3.8, 4) is 0 Å². The van der Waals surface area contributed by atoms with Crippen LogP contribution in [0.2, 0.25) is 0 Å². The van der Waals surface area contributed by atoms with Gasteiger partial charge in [0.15, 0.2) is 0 Å². The van der Waals surface area contributed by atoms with E-state index < -0.39 is 5.54 Å². The highest BCUT2D eigenvalue weighted by Gasteiger charge is 2.29. The summed E-state index contributed by atoms with van der Waals surface area (Å²) in [6.07, 6.45) is 0. The number of hydrogen-bond acceptors (Lipinski definition) is 1. The third-order valence-electron chi connectivity index (χ3n) is 3.77. The van der Waals surface area contributed by atoms with Crippen molar-refractivity contribution >= 4 is 17.5 Å². The summed E-state index contributed by atoms with van der Waals surface area (Å²) in [5.41, 5.74) is 1.44. The van der Waals surface area contributed by atoms with Gasteiger partial charge in [-0.2, -0.15) is 0 Å². The minimum Gasteiger partial charge on any atom is -0.345 e. The van der Waals surface area contributed by atoms with E-state index in [-0.39, 0.29) is 11.8 Å². The lowest BCUT2D eigenvalue weighted by molar-refractivity contribution is -0.123. The molecule has 0 aliphatic rings. The van der Waals surface area contributed by atoms with Crippen molar-refractivity contribution in [2.75, 3.05) is 5.88 Å². The summed E-state index contributed by atoms with van der Waals surface area (Å²) in [6, 6.07) is 19.6. The first kappa shape index (κ1) is 15.6. The van der Waals surface area contributed by atoms with Crippen LogP contribution in [0, 0.1) is 0 Å². The molecule has 110 valence electrons. The predicted molar refractivity (Wildman–Crippen MR) is 87.5 cm³/mol. The molecule has 21 heavy (non-hydrogen) atoms. The highest BCUT2D eigenvalue weighted by atomic mass is 35.5. The maximum Gasteiger partial charge on any atom is 0.227 e. The Kier molecular flexibility index (Phi) is 5.03. The molecule has 0 spiro atoms. The molecule has 0 bridgehead atoms. The van der Waals surface area contributed by atoms with Crippen molar-refractivity contribution in [2.45, 2.75) is 25.3 Å². The number of benzene rings is 2. The lowest BCUT2D eigenvalue weighted by atomic mass is 9.92. The van der Waals surface area contributed by atoms with Crippen LogP contribution in [0.15, 0.2) is 60.7 Å². The van der Waals surface area contributed by atoms with Crippen LogP contribution < -0.4 is 5.32 Å². The van der Waals surface area contributed by atoms with Crippen molar-refractivity contribution in [2.24, 2.45) is 0 Å². The zero-order valence-electron chi connectivity index (χ0n) is 12.3. The Bertz CT molecular complexity index is 585. The Balaban J connectivity index is 2.17. The Morgan fingerprint density at radius 1 is 1.10 bits per heavy atom. The zero-order chi connectivity index (χ0) is 15.3. The van der Waals surface area contributed by atoms with Gasteiger partial charge in [0.1, 0.15) is 0 Å². The number of carbonyl (C=O) groups excluding carboxylic acids is 1. The molecule has 3 heteroatoms. The van der Waals surface area contributed by atoms with Crippen molar-refractivity contribution < 1.29 is 4.79 Å². The molecule has 1 amide bonds. The summed E-state index contributed by atoms with van der Waals surface area (Å²) < 4.78 is 0. The van der Waals surface area contributed by atoms with Crippen LogP contribution in [0.5, 0.6) is 0 Å². The van der Waals surface area contributed by atoms with Gasteiger partial charge in [0.2, 0.25) is 5.91 Å². The topological polar surface area (TPSA) is 29.1 Å². The molecule has 0 fully saturated rings. The standard InChI is InChI=1S/C18H20ClNO/c1-14(15-9-5-3-6-10-15)17(21)20-18(2,13-19)16-11-7-4-8-12-16/h3-12,14H,13H2,1-2H3,(H,20,21). The number of carbonyl (C=O) groups is 1. The lowest BCUT2D eigenvalue weighted by Crippen LogP contribution is -2.46. The SMILES string of the molecule is CC(C(=O)NC(C)(CCl)c1ccccc1)c1ccccc1. The molecule has 2 atom stereocenters. The van der Waals surface area contributed by atoms with Gasteiger partial charge in [0.05, 0.1) is 11.5 Å². The van der Waals surface area contributed by atoms with E-state index in [9.17, 15) is 4.79 Å². The fourth-order valence-corrected chi connectivity index (χ4v) is 2.48. The van der Waals surface area contributed by atoms with Crippen molar-refractivity contribution in [3.63, 3.8) is 0 Å². The monoisotopic (exact) mass is 301 g/mol. The lowest BCUT2D eigenvalue weighted by Gasteiger charge is -2.30. The van der Waals surface area contributed by atoms with Gasteiger partial charge < -0.3 is 5.32 Å². The molecule has 0 saturated carbocycles. The van der Waals surface area contributed by atoms with Crippen LogP contribution in [0.3, 0.4) is 0 Å². The highest BCUT2D eigenvalue weighted by molar-refractivity contribution is 6.18. The van der Waals surface area contributed by atoms with Gasteiger partial charge in [0, 0.05) is 5.88 Å². The second-order valence-electron chi connectivity index (χ2n) is 5.45. The van der Waals surface area contributed by atoms with Gasteiger partial charge in [-0.1, -0.05) is 60.7 Å². The van der Waals surface area contributed by atoms with Crippen molar-refractivity contribution in [1.29, 1.82) is 0 Å². The van der Waals surface area contributed by atoms with Crippen molar-refractivity contribution in [3.05, 3.63) is 71.8 Å². The average molecular weight is 302 g/mol.